The summed E-state index contributed by atoms with van der Waals surface area (Å²) in [6.07, 6.45) is -1.28. The first kappa shape index (κ1) is 9.82. The van der Waals surface area contributed by atoms with E-state index in [0.29, 0.717) is 0 Å². The van der Waals surface area contributed by atoms with Crippen molar-refractivity contribution in [2.45, 2.75) is 12.6 Å². The van der Waals surface area contributed by atoms with Gasteiger partial charge < -0.3 is 4.74 Å². The van der Waals surface area contributed by atoms with Crippen molar-refractivity contribution < 1.29 is 18.4 Å². The number of alkyl halides is 1. The molecule has 0 fully saturated rings. The molecule has 1 unspecified atom stereocenters. The van der Waals surface area contributed by atoms with E-state index in [9.17, 15) is 18.9 Å². The fraction of sp³-hybridized carbons (Fsp3) is 0.333. The first-order valence-corrected chi connectivity index (χ1v) is 4.31. The second-order valence-electron chi connectivity index (χ2n) is 3.29. The van der Waals surface area contributed by atoms with Gasteiger partial charge in [-0.1, -0.05) is 0 Å². The van der Waals surface area contributed by atoms with Gasteiger partial charge >= 0.3 is 0 Å². The van der Waals surface area contributed by atoms with Gasteiger partial charge in [0, 0.05) is 18.1 Å². The van der Waals surface area contributed by atoms with Crippen molar-refractivity contribution in [1.29, 1.82) is 0 Å². The lowest BCUT2D eigenvalue weighted by Crippen LogP contribution is -2.22. The van der Waals surface area contributed by atoms with Crippen molar-refractivity contribution in [3.63, 3.8) is 0 Å². The number of benzene rings is 1. The molecule has 1 atom stereocenters. The third-order valence-corrected chi connectivity index (χ3v) is 2.17. The van der Waals surface area contributed by atoms with E-state index in [0.717, 1.165) is 12.1 Å². The van der Waals surface area contributed by atoms with Gasteiger partial charge in [0.25, 0.3) is 5.69 Å². The van der Waals surface area contributed by atoms with Crippen LogP contribution in [0, 0.1) is 15.9 Å². The van der Waals surface area contributed by atoms with Crippen molar-refractivity contribution in [1.82, 2.24) is 0 Å². The molecule has 2 rings (SSSR count). The Bertz CT molecular complexity index is 422. The third kappa shape index (κ3) is 1.74. The van der Waals surface area contributed by atoms with Gasteiger partial charge in [0.1, 0.15) is 12.8 Å². The minimum Gasteiger partial charge on any atom is -0.487 e. The molecule has 1 aliphatic heterocycles. The second kappa shape index (κ2) is 3.45. The molecule has 1 aromatic rings. The molecular weight excluding hydrogens is 208 g/mol. The van der Waals surface area contributed by atoms with Crippen LogP contribution in [-0.2, 0) is 6.42 Å². The van der Waals surface area contributed by atoms with E-state index < -0.39 is 16.9 Å². The van der Waals surface area contributed by atoms with Gasteiger partial charge in [0.2, 0.25) is 0 Å². The highest BCUT2D eigenvalue weighted by Gasteiger charge is 2.25. The van der Waals surface area contributed by atoms with Crippen molar-refractivity contribution in [3.8, 4) is 5.75 Å². The van der Waals surface area contributed by atoms with Crippen LogP contribution < -0.4 is 4.74 Å². The number of halogens is 2. The van der Waals surface area contributed by atoms with E-state index in [-0.39, 0.29) is 30.0 Å². The van der Waals surface area contributed by atoms with E-state index >= 15 is 0 Å². The van der Waals surface area contributed by atoms with E-state index in [4.69, 9.17) is 4.74 Å². The smallest absolute Gasteiger partial charge is 0.272 e. The largest absolute Gasteiger partial charge is 0.487 e. The molecule has 0 saturated heterocycles. The summed E-state index contributed by atoms with van der Waals surface area (Å²) in [5, 5.41) is 10.4. The summed E-state index contributed by atoms with van der Waals surface area (Å²) >= 11 is 0. The zero-order valence-electron chi connectivity index (χ0n) is 7.57. The van der Waals surface area contributed by atoms with Gasteiger partial charge in [-0.25, -0.2) is 8.78 Å². The number of nitro benzene ring substituents is 1. The van der Waals surface area contributed by atoms with Crippen LogP contribution in [0.3, 0.4) is 0 Å². The van der Waals surface area contributed by atoms with Crippen LogP contribution in [0.2, 0.25) is 0 Å². The molecule has 1 aliphatic rings. The highest BCUT2D eigenvalue weighted by Crippen LogP contribution is 2.32. The first-order chi connectivity index (χ1) is 7.08. The average Bonchev–Trinajstić information content (AvgIpc) is 2.16. The molecule has 15 heavy (non-hydrogen) atoms. The number of hydrogen-bond acceptors (Lipinski definition) is 3. The fourth-order valence-corrected chi connectivity index (χ4v) is 1.52. The fourth-order valence-electron chi connectivity index (χ4n) is 1.52. The Morgan fingerprint density at radius 2 is 2.27 bits per heavy atom. The summed E-state index contributed by atoms with van der Waals surface area (Å²) < 4.78 is 31.0. The lowest BCUT2D eigenvalue weighted by Gasteiger charge is -2.20. The van der Waals surface area contributed by atoms with E-state index in [1.54, 1.807) is 0 Å². The SMILES string of the molecule is O=[N+]([O-])c1cc(F)c2c(c1)CC(F)CO2. The molecule has 0 aliphatic carbocycles. The van der Waals surface area contributed by atoms with Gasteiger partial charge in [-0.2, -0.15) is 0 Å². The summed E-state index contributed by atoms with van der Waals surface area (Å²) in [7, 11) is 0. The molecule has 4 nitrogen and oxygen atoms in total. The van der Waals surface area contributed by atoms with Gasteiger partial charge in [0.05, 0.1) is 11.0 Å². The molecule has 0 radical (unpaired) electrons. The van der Waals surface area contributed by atoms with Gasteiger partial charge in [-0.3, -0.25) is 10.1 Å². The maximum absolute atomic E-state index is 13.3. The van der Waals surface area contributed by atoms with Crippen molar-refractivity contribution in [3.05, 3.63) is 33.6 Å². The Hall–Kier alpha value is -1.72. The number of nitro groups is 1. The van der Waals surface area contributed by atoms with Gasteiger partial charge in [-0.05, 0) is 0 Å². The van der Waals surface area contributed by atoms with Gasteiger partial charge in [0.15, 0.2) is 11.6 Å². The van der Waals surface area contributed by atoms with E-state index in [2.05, 4.69) is 0 Å². The standard InChI is InChI=1S/C9H7F2NO3/c10-6-1-5-2-7(12(13)14)3-8(11)9(5)15-4-6/h2-3,6H,1,4H2. The molecule has 0 spiro atoms. The van der Waals surface area contributed by atoms with E-state index in [1.165, 1.54) is 0 Å². The summed E-state index contributed by atoms with van der Waals surface area (Å²) in [5.41, 5.74) is -0.176. The Labute approximate surface area is 83.6 Å². The number of nitrogens with zero attached hydrogens (tertiary/aromatic N) is 1. The molecule has 0 bridgehead atoms. The van der Waals surface area contributed by atoms with Crippen molar-refractivity contribution in [2.24, 2.45) is 0 Å². The predicted molar refractivity (Wildman–Crippen MR) is 47.1 cm³/mol. The molecule has 6 heteroatoms. The summed E-state index contributed by atoms with van der Waals surface area (Å²) in [4.78, 5) is 9.71. The zero-order chi connectivity index (χ0) is 11.0. The maximum Gasteiger partial charge on any atom is 0.272 e. The lowest BCUT2D eigenvalue weighted by atomic mass is 10.0. The highest BCUT2D eigenvalue weighted by molar-refractivity contribution is 5.46. The molecule has 1 heterocycles. The zero-order valence-corrected chi connectivity index (χ0v) is 7.57. The topological polar surface area (TPSA) is 52.4 Å². The maximum atomic E-state index is 13.3. The van der Waals surface area contributed by atoms with Crippen LogP contribution in [0.4, 0.5) is 14.5 Å². The van der Waals surface area contributed by atoms with Crippen LogP contribution in [0.25, 0.3) is 0 Å². The number of rotatable bonds is 1. The van der Waals surface area contributed by atoms with Crippen molar-refractivity contribution >= 4 is 5.69 Å². The van der Waals surface area contributed by atoms with Crippen molar-refractivity contribution in [2.75, 3.05) is 6.61 Å². The highest BCUT2D eigenvalue weighted by atomic mass is 19.1. The van der Waals surface area contributed by atoms with E-state index in [1.807, 2.05) is 0 Å². The number of fused-ring (bicyclic) bond motifs is 1. The Morgan fingerprint density at radius 1 is 1.53 bits per heavy atom. The number of hydrogen-bond donors (Lipinski definition) is 0. The van der Waals surface area contributed by atoms with Crippen LogP contribution in [0.5, 0.6) is 5.75 Å². The van der Waals surface area contributed by atoms with Crippen LogP contribution in [0.15, 0.2) is 12.1 Å². The minimum absolute atomic E-state index is 0.0477. The Balaban J connectivity index is 2.48. The molecule has 0 aromatic heterocycles. The van der Waals surface area contributed by atoms with Crippen LogP contribution in [-0.4, -0.2) is 17.7 Å². The van der Waals surface area contributed by atoms with Crippen LogP contribution in [0.1, 0.15) is 5.56 Å². The van der Waals surface area contributed by atoms with Crippen LogP contribution >= 0.6 is 0 Å². The first-order valence-electron chi connectivity index (χ1n) is 4.31. The quantitative estimate of drug-likeness (QED) is 0.531. The molecule has 0 amide bonds. The summed E-state index contributed by atoms with van der Waals surface area (Å²) in [6.45, 7) is -0.207. The summed E-state index contributed by atoms with van der Waals surface area (Å²) in [5.74, 6) is -0.888. The normalized spacial score (nSPS) is 19.2. The monoisotopic (exact) mass is 215 g/mol. The minimum atomic E-state index is -1.24. The Morgan fingerprint density at radius 3 is 2.93 bits per heavy atom. The molecule has 1 aromatic carbocycles. The molecule has 80 valence electrons. The third-order valence-electron chi connectivity index (χ3n) is 2.17. The average molecular weight is 215 g/mol. The predicted octanol–water partition coefficient (Wildman–Crippen LogP) is 2.01. The molecular formula is C9H7F2NO3. The summed E-state index contributed by atoms with van der Waals surface area (Å²) in [6, 6.07) is 1.92. The number of ether oxygens (including phenoxy) is 1. The second-order valence-corrected chi connectivity index (χ2v) is 3.29. The number of non-ortho nitro benzene ring substituents is 1. The molecule has 0 N–H and O–H groups in total. The molecule has 0 saturated carbocycles. The Kier molecular flexibility index (Phi) is 2.26. The lowest BCUT2D eigenvalue weighted by molar-refractivity contribution is -0.385. The van der Waals surface area contributed by atoms with Gasteiger partial charge in [-0.15, -0.1) is 0 Å².